The molecule has 2 rings (SSSR count). The van der Waals surface area contributed by atoms with Crippen LogP contribution < -0.4 is 10.9 Å². The highest BCUT2D eigenvalue weighted by molar-refractivity contribution is 7.17. The van der Waals surface area contributed by atoms with E-state index >= 15 is 0 Å². The zero-order valence-corrected chi connectivity index (χ0v) is 14.2. The summed E-state index contributed by atoms with van der Waals surface area (Å²) in [7, 11) is 0. The molecule has 122 valence electrons. The van der Waals surface area contributed by atoms with Crippen LogP contribution in [-0.4, -0.2) is 16.8 Å². The van der Waals surface area contributed by atoms with Gasteiger partial charge in [-0.2, -0.15) is 0 Å². The maximum atomic E-state index is 12.2. The zero-order valence-electron chi connectivity index (χ0n) is 13.4. The molecule has 2 amide bonds. The summed E-state index contributed by atoms with van der Waals surface area (Å²) >= 11 is 1.32. The molecule has 0 unspecified atom stereocenters. The first kappa shape index (κ1) is 17.1. The molecule has 0 aliphatic carbocycles. The fraction of sp³-hybridized carbons (Fsp3) is 0.353. The van der Waals surface area contributed by atoms with Gasteiger partial charge in [-0.1, -0.05) is 50.1 Å². The van der Waals surface area contributed by atoms with Crippen molar-refractivity contribution in [3.8, 4) is 10.6 Å². The summed E-state index contributed by atoms with van der Waals surface area (Å²) < 4.78 is 0. The molecule has 0 aliphatic heterocycles. The Morgan fingerprint density at radius 1 is 1.13 bits per heavy atom. The summed E-state index contributed by atoms with van der Waals surface area (Å²) in [6.07, 6.45) is 3.32. The Kier molecular flexibility index (Phi) is 6.29. The zero-order chi connectivity index (χ0) is 16.7. The van der Waals surface area contributed by atoms with Crippen molar-refractivity contribution < 1.29 is 9.59 Å². The summed E-state index contributed by atoms with van der Waals surface area (Å²) in [5, 5.41) is 0.794. The average molecular weight is 331 g/mol. The Labute approximate surface area is 140 Å². The van der Waals surface area contributed by atoms with Crippen LogP contribution in [0.1, 0.15) is 48.0 Å². The van der Waals surface area contributed by atoms with Crippen LogP contribution in [0.2, 0.25) is 0 Å². The Bertz CT molecular complexity index is 668. The normalized spacial score (nSPS) is 10.3. The lowest BCUT2D eigenvalue weighted by atomic mass is 10.2. The molecule has 0 saturated heterocycles. The lowest BCUT2D eigenvalue weighted by molar-refractivity contribution is -0.121. The lowest BCUT2D eigenvalue weighted by Gasteiger charge is -2.06. The van der Waals surface area contributed by atoms with Crippen molar-refractivity contribution in [3.63, 3.8) is 0 Å². The molecule has 5 nitrogen and oxygen atoms in total. The lowest BCUT2D eigenvalue weighted by Crippen LogP contribution is -2.41. The molecule has 2 aromatic rings. The summed E-state index contributed by atoms with van der Waals surface area (Å²) in [5.41, 5.74) is 6.55. The van der Waals surface area contributed by atoms with Gasteiger partial charge in [0.05, 0.1) is 5.69 Å². The highest BCUT2D eigenvalue weighted by atomic mass is 32.1. The first-order chi connectivity index (χ1) is 11.1. The largest absolute Gasteiger partial charge is 0.281 e. The minimum absolute atomic E-state index is 0.169. The number of aromatic nitrogens is 1. The predicted molar refractivity (Wildman–Crippen MR) is 92.0 cm³/mol. The van der Waals surface area contributed by atoms with Gasteiger partial charge in [-0.3, -0.25) is 20.4 Å². The Morgan fingerprint density at radius 2 is 1.87 bits per heavy atom. The SMILES string of the molecule is CCCCCC(=O)NNC(=O)c1sc(-c2ccccc2)nc1C. The second kappa shape index (κ2) is 8.43. The maximum Gasteiger partial charge on any atom is 0.281 e. The van der Waals surface area contributed by atoms with Crippen LogP contribution in [0.25, 0.3) is 10.6 Å². The molecular weight excluding hydrogens is 310 g/mol. The van der Waals surface area contributed by atoms with Gasteiger partial charge < -0.3 is 0 Å². The van der Waals surface area contributed by atoms with Crippen LogP contribution in [0.5, 0.6) is 0 Å². The molecule has 0 saturated carbocycles. The monoisotopic (exact) mass is 331 g/mol. The van der Waals surface area contributed by atoms with E-state index in [-0.39, 0.29) is 11.8 Å². The van der Waals surface area contributed by atoms with E-state index < -0.39 is 0 Å². The first-order valence-electron chi connectivity index (χ1n) is 7.74. The number of unbranched alkanes of at least 4 members (excludes halogenated alkanes) is 2. The third-order valence-electron chi connectivity index (χ3n) is 3.35. The highest BCUT2D eigenvalue weighted by Crippen LogP contribution is 2.27. The summed E-state index contributed by atoms with van der Waals surface area (Å²) in [5.74, 6) is -0.497. The van der Waals surface area contributed by atoms with Crippen molar-refractivity contribution in [2.45, 2.75) is 39.5 Å². The van der Waals surface area contributed by atoms with Gasteiger partial charge in [0.2, 0.25) is 5.91 Å². The van der Waals surface area contributed by atoms with E-state index in [9.17, 15) is 9.59 Å². The van der Waals surface area contributed by atoms with Crippen LogP contribution >= 0.6 is 11.3 Å². The van der Waals surface area contributed by atoms with E-state index in [4.69, 9.17) is 0 Å². The molecule has 0 bridgehead atoms. The Balaban J connectivity index is 1.95. The van der Waals surface area contributed by atoms with E-state index in [1.54, 1.807) is 6.92 Å². The molecule has 0 aliphatic rings. The maximum absolute atomic E-state index is 12.2. The summed E-state index contributed by atoms with van der Waals surface area (Å²) in [4.78, 5) is 28.8. The first-order valence-corrected chi connectivity index (χ1v) is 8.55. The number of carbonyl (C=O) groups excluding carboxylic acids is 2. The Morgan fingerprint density at radius 3 is 2.57 bits per heavy atom. The van der Waals surface area contributed by atoms with Crippen molar-refractivity contribution in [1.82, 2.24) is 15.8 Å². The molecule has 1 heterocycles. The fourth-order valence-electron chi connectivity index (χ4n) is 2.09. The molecule has 23 heavy (non-hydrogen) atoms. The molecule has 1 aromatic heterocycles. The molecule has 0 fully saturated rings. The molecule has 1 aromatic carbocycles. The van der Waals surface area contributed by atoms with Gasteiger partial charge in [0, 0.05) is 12.0 Å². The number of hydrogen-bond acceptors (Lipinski definition) is 4. The van der Waals surface area contributed by atoms with Crippen LogP contribution in [0, 0.1) is 6.92 Å². The van der Waals surface area contributed by atoms with Gasteiger partial charge in [0.25, 0.3) is 5.91 Å². The van der Waals surface area contributed by atoms with Gasteiger partial charge in [0.1, 0.15) is 9.88 Å². The smallest absolute Gasteiger partial charge is 0.273 e. The number of rotatable bonds is 6. The molecule has 2 N–H and O–H groups in total. The number of hydrogen-bond donors (Lipinski definition) is 2. The van der Waals surface area contributed by atoms with Gasteiger partial charge >= 0.3 is 0 Å². The second-order valence-corrected chi connectivity index (χ2v) is 6.26. The van der Waals surface area contributed by atoms with Crippen LogP contribution in [0.15, 0.2) is 30.3 Å². The minimum atomic E-state index is -0.328. The third-order valence-corrected chi connectivity index (χ3v) is 4.55. The number of carbonyl (C=O) groups is 2. The number of aryl methyl sites for hydroxylation is 1. The Hall–Kier alpha value is -2.21. The van der Waals surface area contributed by atoms with Gasteiger partial charge in [-0.05, 0) is 13.3 Å². The number of nitrogens with one attached hydrogen (secondary N) is 2. The van der Waals surface area contributed by atoms with Crippen LogP contribution in [-0.2, 0) is 4.79 Å². The standard InChI is InChI=1S/C17H21N3O2S/c1-3-4-6-11-14(21)19-20-16(22)15-12(2)18-17(23-15)13-9-7-5-8-10-13/h5,7-10H,3-4,6,11H2,1-2H3,(H,19,21)(H,20,22). The van der Waals surface area contributed by atoms with Crippen molar-refractivity contribution in [1.29, 1.82) is 0 Å². The summed E-state index contributed by atoms with van der Waals surface area (Å²) in [6, 6.07) is 9.71. The molecule has 0 atom stereocenters. The quantitative estimate of drug-likeness (QED) is 0.629. The van der Waals surface area contributed by atoms with Crippen LogP contribution in [0.3, 0.4) is 0 Å². The second-order valence-electron chi connectivity index (χ2n) is 5.26. The van der Waals surface area contributed by atoms with Crippen molar-refractivity contribution in [2.75, 3.05) is 0 Å². The third kappa shape index (κ3) is 4.89. The molecule has 0 spiro atoms. The fourth-order valence-corrected chi connectivity index (χ4v) is 3.06. The number of benzene rings is 1. The molecular formula is C17H21N3O2S. The van der Waals surface area contributed by atoms with E-state index in [2.05, 4.69) is 22.8 Å². The van der Waals surface area contributed by atoms with E-state index in [1.807, 2.05) is 30.3 Å². The van der Waals surface area contributed by atoms with E-state index in [1.165, 1.54) is 11.3 Å². The van der Waals surface area contributed by atoms with Crippen molar-refractivity contribution >= 4 is 23.2 Å². The van der Waals surface area contributed by atoms with E-state index in [0.717, 1.165) is 29.8 Å². The number of nitrogens with zero attached hydrogens (tertiary/aromatic N) is 1. The van der Waals surface area contributed by atoms with E-state index in [0.29, 0.717) is 17.0 Å². The van der Waals surface area contributed by atoms with Crippen molar-refractivity contribution in [3.05, 3.63) is 40.9 Å². The number of hydrazine groups is 1. The molecule has 6 heteroatoms. The van der Waals surface area contributed by atoms with Gasteiger partial charge in [0.15, 0.2) is 0 Å². The summed E-state index contributed by atoms with van der Waals surface area (Å²) in [6.45, 7) is 3.87. The number of amides is 2. The van der Waals surface area contributed by atoms with Crippen molar-refractivity contribution in [2.24, 2.45) is 0 Å². The minimum Gasteiger partial charge on any atom is -0.273 e. The average Bonchev–Trinajstić information content (AvgIpc) is 2.96. The molecule has 0 radical (unpaired) electrons. The van der Waals surface area contributed by atoms with Gasteiger partial charge in [-0.25, -0.2) is 4.98 Å². The number of thiazole rings is 1. The van der Waals surface area contributed by atoms with Gasteiger partial charge in [-0.15, -0.1) is 11.3 Å². The van der Waals surface area contributed by atoms with Crippen LogP contribution in [0.4, 0.5) is 0 Å². The predicted octanol–water partition coefficient (Wildman–Crippen LogP) is 3.46. The topological polar surface area (TPSA) is 71.1 Å². The highest BCUT2D eigenvalue weighted by Gasteiger charge is 2.16.